The number of nitrogens with one attached hydrogen (secondary N) is 1. The Morgan fingerprint density at radius 1 is 1.25 bits per heavy atom. The Bertz CT molecular complexity index is 330. The Balaban J connectivity index is 2.58. The van der Waals surface area contributed by atoms with E-state index in [4.69, 9.17) is 10.8 Å². The van der Waals surface area contributed by atoms with Crippen molar-refractivity contribution in [1.82, 2.24) is 15.0 Å². The lowest BCUT2D eigenvalue weighted by molar-refractivity contribution is 0.286. The van der Waals surface area contributed by atoms with Gasteiger partial charge >= 0.3 is 0 Å². The van der Waals surface area contributed by atoms with Gasteiger partial charge in [-0.05, 0) is 12.8 Å². The third kappa shape index (κ3) is 3.85. The summed E-state index contributed by atoms with van der Waals surface area (Å²) < 4.78 is 0. The Morgan fingerprint density at radius 3 is 2.62 bits per heavy atom. The van der Waals surface area contributed by atoms with E-state index >= 15 is 0 Å². The lowest BCUT2D eigenvalue weighted by Crippen LogP contribution is -2.16. The fourth-order valence-electron chi connectivity index (χ4n) is 1.10. The quantitative estimate of drug-likeness (QED) is 0.573. The zero-order chi connectivity index (χ0) is 12.0. The number of rotatable bonds is 6. The first-order valence-corrected chi connectivity index (χ1v) is 5.17. The molecule has 7 nitrogen and oxygen atoms in total. The van der Waals surface area contributed by atoms with Crippen molar-refractivity contribution in [3.05, 3.63) is 0 Å². The second-order valence-electron chi connectivity index (χ2n) is 3.57. The molecule has 1 heterocycles. The minimum atomic E-state index is 0.198. The highest BCUT2D eigenvalue weighted by molar-refractivity contribution is 5.40. The van der Waals surface area contributed by atoms with E-state index in [1.54, 1.807) is 4.90 Å². The van der Waals surface area contributed by atoms with E-state index in [-0.39, 0.29) is 12.6 Å². The lowest BCUT2D eigenvalue weighted by atomic mass is 10.3. The monoisotopic (exact) mass is 226 g/mol. The summed E-state index contributed by atoms with van der Waals surface area (Å²) in [4.78, 5) is 13.9. The van der Waals surface area contributed by atoms with Gasteiger partial charge in [0.1, 0.15) is 0 Å². The molecule has 7 heteroatoms. The van der Waals surface area contributed by atoms with Gasteiger partial charge in [0.25, 0.3) is 0 Å². The normalized spacial score (nSPS) is 10.2. The molecular formula is C9H18N6O. The van der Waals surface area contributed by atoms with Gasteiger partial charge in [-0.2, -0.15) is 15.0 Å². The molecule has 16 heavy (non-hydrogen) atoms. The molecule has 1 aromatic rings. The van der Waals surface area contributed by atoms with Crippen LogP contribution < -0.4 is 16.0 Å². The average Bonchev–Trinajstić information content (AvgIpc) is 2.23. The topological polar surface area (TPSA) is 100 Å². The van der Waals surface area contributed by atoms with E-state index in [9.17, 15) is 0 Å². The third-order valence-electron chi connectivity index (χ3n) is 1.91. The van der Waals surface area contributed by atoms with Crippen molar-refractivity contribution in [3.8, 4) is 0 Å². The highest BCUT2D eigenvalue weighted by Gasteiger charge is 2.04. The number of unbranched alkanes of at least 4 members (excludes halogenated alkanes) is 1. The predicted molar refractivity (Wildman–Crippen MR) is 63.4 cm³/mol. The van der Waals surface area contributed by atoms with Gasteiger partial charge in [-0.15, -0.1) is 0 Å². The number of nitrogens with zero attached hydrogens (tertiary/aromatic N) is 4. The fraction of sp³-hybridized carbons (Fsp3) is 0.667. The molecule has 0 saturated carbocycles. The van der Waals surface area contributed by atoms with E-state index in [1.165, 1.54) is 0 Å². The van der Waals surface area contributed by atoms with Crippen LogP contribution in [0.2, 0.25) is 0 Å². The Kier molecular flexibility index (Phi) is 4.71. The van der Waals surface area contributed by atoms with Crippen molar-refractivity contribution in [2.45, 2.75) is 12.8 Å². The van der Waals surface area contributed by atoms with Gasteiger partial charge in [0.05, 0.1) is 0 Å². The summed E-state index contributed by atoms with van der Waals surface area (Å²) in [6.45, 7) is 0.904. The predicted octanol–water partition coefficient (Wildman–Crippen LogP) is -0.296. The summed E-state index contributed by atoms with van der Waals surface area (Å²) in [7, 11) is 3.68. The summed E-state index contributed by atoms with van der Waals surface area (Å²) in [5.41, 5.74) is 5.56. The molecule has 0 spiro atoms. The SMILES string of the molecule is CN(C)c1nc(N)nc(NCCCCO)n1. The summed E-state index contributed by atoms with van der Waals surface area (Å²) in [6, 6.07) is 0. The van der Waals surface area contributed by atoms with Crippen molar-refractivity contribution < 1.29 is 5.11 Å². The number of nitrogens with two attached hydrogens (primary N) is 1. The minimum Gasteiger partial charge on any atom is -0.396 e. The molecule has 90 valence electrons. The number of nitrogen functional groups attached to an aromatic ring is 1. The molecule has 0 aromatic carbocycles. The first-order valence-electron chi connectivity index (χ1n) is 5.17. The molecule has 4 N–H and O–H groups in total. The molecule has 0 fully saturated rings. The van der Waals surface area contributed by atoms with E-state index in [0.717, 1.165) is 12.8 Å². The number of aliphatic hydroxyl groups excluding tert-OH is 1. The van der Waals surface area contributed by atoms with Crippen LogP contribution in [0, 0.1) is 0 Å². The number of hydrogen-bond acceptors (Lipinski definition) is 7. The fourth-order valence-corrected chi connectivity index (χ4v) is 1.10. The number of anilines is 3. The van der Waals surface area contributed by atoms with E-state index in [2.05, 4.69) is 20.3 Å². The standard InChI is InChI=1S/C9H18N6O/c1-15(2)9-13-7(10)12-8(14-9)11-5-3-4-6-16/h16H,3-6H2,1-2H3,(H3,10,11,12,13,14). The van der Waals surface area contributed by atoms with Crippen molar-refractivity contribution in [2.75, 3.05) is 43.2 Å². The van der Waals surface area contributed by atoms with Crippen LogP contribution in [0.15, 0.2) is 0 Å². The molecule has 0 saturated heterocycles. The van der Waals surface area contributed by atoms with Crippen LogP contribution in [0.25, 0.3) is 0 Å². The zero-order valence-electron chi connectivity index (χ0n) is 9.64. The van der Waals surface area contributed by atoms with Crippen molar-refractivity contribution in [3.63, 3.8) is 0 Å². The highest BCUT2D eigenvalue weighted by atomic mass is 16.2. The maximum Gasteiger partial charge on any atom is 0.231 e. The van der Waals surface area contributed by atoms with Crippen molar-refractivity contribution >= 4 is 17.8 Å². The van der Waals surface area contributed by atoms with Crippen molar-refractivity contribution in [2.24, 2.45) is 0 Å². The Hall–Kier alpha value is -1.63. The maximum absolute atomic E-state index is 8.63. The Labute approximate surface area is 94.7 Å². The second-order valence-corrected chi connectivity index (χ2v) is 3.57. The van der Waals surface area contributed by atoms with Crippen LogP contribution in [0.3, 0.4) is 0 Å². The number of aromatic nitrogens is 3. The molecule has 1 aromatic heterocycles. The molecule has 0 radical (unpaired) electrons. The molecule has 0 aliphatic heterocycles. The van der Waals surface area contributed by atoms with E-state index in [0.29, 0.717) is 18.4 Å². The van der Waals surface area contributed by atoms with Crippen LogP contribution in [0.1, 0.15) is 12.8 Å². The maximum atomic E-state index is 8.63. The summed E-state index contributed by atoms with van der Waals surface area (Å²) in [5.74, 6) is 1.19. The molecule has 0 amide bonds. The average molecular weight is 226 g/mol. The van der Waals surface area contributed by atoms with Gasteiger partial charge < -0.3 is 21.1 Å². The second kappa shape index (κ2) is 6.06. The first-order chi connectivity index (χ1) is 7.63. The molecule has 0 aliphatic carbocycles. The third-order valence-corrected chi connectivity index (χ3v) is 1.91. The molecular weight excluding hydrogens is 208 g/mol. The van der Waals surface area contributed by atoms with Crippen LogP contribution in [-0.2, 0) is 0 Å². The summed E-state index contributed by atoms with van der Waals surface area (Å²) >= 11 is 0. The van der Waals surface area contributed by atoms with Gasteiger partial charge in [0.15, 0.2) is 0 Å². The minimum absolute atomic E-state index is 0.198. The van der Waals surface area contributed by atoms with Crippen LogP contribution in [0.4, 0.5) is 17.8 Å². The molecule has 0 aliphatic rings. The van der Waals surface area contributed by atoms with Gasteiger partial charge in [-0.1, -0.05) is 0 Å². The highest BCUT2D eigenvalue weighted by Crippen LogP contribution is 2.08. The zero-order valence-corrected chi connectivity index (χ0v) is 9.64. The van der Waals surface area contributed by atoms with Crippen LogP contribution >= 0.6 is 0 Å². The van der Waals surface area contributed by atoms with E-state index < -0.39 is 0 Å². The van der Waals surface area contributed by atoms with Gasteiger partial charge in [0.2, 0.25) is 17.8 Å². The Morgan fingerprint density at radius 2 is 2.00 bits per heavy atom. The molecule has 0 unspecified atom stereocenters. The molecule has 1 rings (SSSR count). The van der Waals surface area contributed by atoms with Gasteiger partial charge in [-0.25, -0.2) is 0 Å². The smallest absolute Gasteiger partial charge is 0.231 e. The largest absolute Gasteiger partial charge is 0.396 e. The van der Waals surface area contributed by atoms with Gasteiger partial charge in [-0.3, -0.25) is 0 Å². The van der Waals surface area contributed by atoms with Gasteiger partial charge in [0, 0.05) is 27.2 Å². The summed E-state index contributed by atoms with van der Waals surface area (Å²) in [5, 5.41) is 11.7. The summed E-state index contributed by atoms with van der Waals surface area (Å²) in [6.07, 6.45) is 1.62. The van der Waals surface area contributed by atoms with Crippen LogP contribution in [0.5, 0.6) is 0 Å². The van der Waals surface area contributed by atoms with E-state index in [1.807, 2.05) is 14.1 Å². The van der Waals surface area contributed by atoms with Crippen LogP contribution in [-0.4, -0.2) is 47.3 Å². The molecule has 0 bridgehead atoms. The number of aliphatic hydroxyl groups is 1. The number of hydrogen-bond donors (Lipinski definition) is 3. The first kappa shape index (κ1) is 12.4. The van der Waals surface area contributed by atoms with Crippen molar-refractivity contribution in [1.29, 1.82) is 0 Å². The lowest BCUT2D eigenvalue weighted by Gasteiger charge is -2.11. The molecule has 0 atom stereocenters.